The maximum Gasteiger partial charge on any atom is 0.253 e. The van der Waals surface area contributed by atoms with Crippen molar-refractivity contribution in [2.45, 2.75) is 38.2 Å². The van der Waals surface area contributed by atoms with Crippen LogP contribution in [0.15, 0.2) is 18.5 Å². The molecule has 104 valence electrons. The van der Waals surface area contributed by atoms with Crippen molar-refractivity contribution >= 4 is 5.91 Å². The Morgan fingerprint density at radius 3 is 2.79 bits per heavy atom. The Kier molecular flexibility index (Phi) is 4.04. The summed E-state index contributed by atoms with van der Waals surface area (Å²) in [6.07, 6.45) is 6.06. The summed E-state index contributed by atoms with van der Waals surface area (Å²) in [5, 5.41) is 22.3. The first-order valence-electron chi connectivity index (χ1n) is 6.63. The van der Waals surface area contributed by atoms with Crippen LogP contribution in [0.5, 0.6) is 5.75 Å². The molecule has 0 aromatic carbocycles. The van der Waals surface area contributed by atoms with Crippen molar-refractivity contribution in [3.63, 3.8) is 0 Å². The van der Waals surface area contributed by atoms with Gasteiger partial charge in [0.1, 0.15) is 5.75 Å². The first-order valence-corrected chi connectivity index (χ1v) is 6.63. The van der Waals surface area contributed by atoms with Crippen LogP contribution >= 0.6 is 0 Å². The fourth-order valence-electron chi connectivity index (χ4n) is 2.38. The quantitative estimate of drug-likeness (QED) is 0.772. The maximum atomic E-state index is 11.9. The van der Waals surface area contributed by atoms with Gasteiger partial charge in [-0.05, 0) is 37.7 Å². The van der Waals surface area contributed by atoms with Crippen LogP contribution in [0.4, 0.5) is 0 Å². The SMILES string of the molecule is CC1CCC(O)(CNC(=O)c2cncc(O)c2)CC1. The second-order valence-corrected chi connectivity index (χ2v) is 5.52. The zero-order valence-electron chi connectivity index (χ0n) is 11.1. The summed E-state index contributed by atoms with van der Waals surface area (Å²) >= 11 is 0. The Morgan fingerprint density at radius 2 is 2.16 bits per heavy atom. The van der Waals surface area contributed by atoms with E-state index in [0.717, 1.165) is 12.8 Å². The van der Waals surface area contributed by atoms with E-state index in [4.69, 9.17) is 0 Å². The molecule has 0 spiro atoms. The second kappa shape index (κ2) is 5.57. The Balaban J connectivity index is 1.90. The summed E-state index contributed by atoms with van der Waals surface area (Å²) in [7, 11) is 0. The number of nitrogens with one attached hydrogen (secondary N) is 1. The smallest absolute Gasteiger partial charge is 0.253 e. The Labute approximate surface area is 112 Å². The molecule has 1 heterocycles. The zero-order valence-corrected chi connectivity index (χ0v) is 11.1. The highest BCUT2D eigenvalue weighted by Gasteiger charge is 2.32. The third-order valence-electron chi connectivity index (χ3n) is 3.77. The summed E-state index contributed by atoms with van der Waals surface area (Å²) < 4.78 is 0. The largest absolute Gasteiger partial charge is 0.506 e. The average molecular weight is 264 g/mol. The maximum absolute atomic E-state index is 11.9. The first-order chi connectivity index (χ1) is 8.98. The van der Waals surface area contributed by atoms with Crippen LogP contribution < -0.4 is 5.32 Å². The molecule has 0 radical (unpaired) electrons. The molecule has 1 aliphatic carbocycles. The van der Waals surface area contributed by atoms with E-state index in [-0.39, 0.29) is 18.2 Å². The normalized spacial score (nSPS) is 26.9. The molecule has 1 fully saturated rings. The topological polar surface area (TPSA) is 82.5 Å². The van der Waals surface area contributed by atoms with Gasteiger partial charge in [-0.1, -0.05) is 6.92 Å². The molecule has 5 heteroatoms. The molecule has 1 aromatic heterocycles. The summed E-state index contributed by atoms with van der Waals surface area (Å²) in [5.41, 5.74) is -0.500. The molecule has 3 N–H and O–H groups in total. The van der Waals surface area contributed by atoms with Crippen LogP contribution in [0.1, 0.15) is 43.0 Å². The lowest BCUT2D eigenvalue weighted by atomic mass is 9.79. The van der Waals surface area contributed by atoms with Crippen molar-refractivity contribution in [2.24, 2.45) is 5.92 Å². The van der Waals surface area contributed by atoms with Crippen molar-refractivity contribution in [3.05, 3.63) is 24.0 Å². The number of aliphatic hydroxyl groups is 1. The molecular formula is C14H20N2O3. The lowest BCUT2D eigenvalue weighted by Gasteiger charge is -2.34. The first kappa shape index (κ1) is 13.8. The number of hydrogen-bond acceptors (Lipinski definition) is 4. The van der Waals surface area contributed by atoms with Crippen LogP contribution in [-0.4, -0.2) is 33.3 Å². The molecule has 0 atom stereocenters. The Hall–Kier alpha value is -1.62. The van der Waals surface area contributed by atoms with Crippen LogP contribution in [0.25, 0.3) is 0 Å². The summed E-state index contributed by atoms with van der Waals surface area (Å²) in [4.78, 5) is 15.6. The van der Waals surface area contributed by atoms with Gasteiger partial charge in [0.25, 0.3) is 5.91 Å². The molecular weight excluding hydrogens is 244 g/mol. The van der Waals surface area contributed by atoms with Crippen LogP contribution in [0.3, 0.4) is 0 Å². The number of rotatable bonds is 3. The molecule has 1 saturated carbocycles. The number of carbonyl (C=O) groups is 1. The zero-order chi connectivity index (χ0) is 13.9. The van der Waals surface area contributed by atoms with Crippen molar-refractivity contribution in [1.29, 1.82) is 0 Å². The third-order valence-corrected chi connectivity index (χ3v) is 3.77. The van der Waals surface area contributed by atoms with E-state index in [1.165, 1.54) is 18.5 Å². The standard InChI is InChI=1S/C14H20N2O3/c1-10-2-4-14(19,5-3-10)9-16-13(18)11-6-12(17)8-15-7-11/h6-8,10,17,19H,2-5,9H2,1H3,(H,16,18). The number of nitrogens with zero attached hydrogens (tertiary/aromatic N) is 1. The monoisotopic (exact) mass is 264 g/mol. The fraction of sp³-hybridized carbons (Fsp3) is 0.571. The van der Waals surface area contributed by atoms with Gasteiger partial charge < -0.3 is 15.5 Å². The molecule has 1 amide bonds. The minimum absolute atomic E-state index is 0.0437. The van der Waals surface area contributed by atoms with E-state index in [2.05, 4.69) is 17.2 Å². The van der Waals surface area contributed by atoms with E-state index in [1.807, 2.05) is 0 Å². The summed E-state index contributed by atoms with van der Waals surface area (Å²) in [6, 6.07) is 1.36. The molecule has 0 unspecified atom stereocenters. The van der Waals surface area contributed by atoms with E-state index in [1.54, 1.807) is 0 Å². The molecule has 0 bridgehead atoms. The number of aromatic hydroxyl groups is 1. The predicted octanol–water partition coefficient (Wildman–Crippen LogP) is 1.46. The molecule has 0 aliphatic heterocycles. The molecule has 0 saturated heterocycles. The van der Waals surface area contributed by atoms with Gasteiger partial charge in [-0.2, -0.15) is 0 Å². The number of amides is 1. The highest BCUT2D eigenvalue weighted by atomic mass is 16.3. The Morgan fingerprint density at radius 1 is 1.47 bits per heavy atom. The molecule has 5 nitrogen and oxygen atoms in total. The van der Waals surface area contributed by atoms with Gasteiger partial charge in [-0.15, -0.1) is 0 Å². The molecule has 1 aliphatic rings. The molecule has 2 rings (SSSR count). The average Bonchev–Trinajstić information content (AvgIpc) is 2.40. The lowest BCUT2D eigenvalue weighted by molar-refractivity contribution is -0.00540. The Bertz CT molecular complexity index is 454. The van der Waals surface area contributed by atoms with Crippen molar-refractivity contribution in [1.82, 2.24) is 10.3 Å². The van der Waals surface area contributed by atoms with E-state index in [0.29, 0.717) is 24.3 Å². The van der Waals surface area contributed by atoms with Gasteiger partial charge in [0.15, 0.2) is 0 Å². The number of carbonyl (C=O) groups excluding carboxylic acids is 1. The fourth-order valence-corrected chi connectivity index (χ4v) is 2.38. The minimum atomic E-state index is -0.799. The van der Waals surface area contributed by atoms with Gasteiger partial charge in [0, 0.05) is 12.7 Å². The van der Waals surface area contributed by atoms with E-state index in [9.17, 15) is 15.0 Å². The van der Waals surface area contributed by atoms with Crippen LogP contribution in [0.2, 0.25) is 0 Å². The van der Waals surface area contributed by atoms with E-state index >= 15 is 0 Å². The van der Waals surface area contributed by atoms with Gasteiger partial charge in [0.05, 0.1) is 17.4 Å². The van der Waals surface area contributed by atoms with E-state index < -0.39 is 5.60 Å². The van der Waals surface area contributed by atoms with Gasteiger partial charge in [-0.25, -0.2) is 0 Å². The van der Waals surface area contributed by atoms with Gasteiger partial charge in [0.2, 0.25) is 0 Å². The predicted molar refractivity (Wildman–Crippen MR) is 70.8 cm³/mol. The van der Waals surface area contributed by atoms with Crippen molar-refractivity contribution < 1.29 is 15.0 Å². The van der Waals surface area contributed by atoms with Gasteiger partial charge >= 0.3 is 0 Å². The second-order valence-electron chi connectivity index (χ2n) is 5.52. The number of pyridine rings is 1. The molecule has 19 heavy (non-hydrogen) atoms. The van der Waals surface area contributed by atoms with Gasteiger partial charge in [-0.3, -0.25) is 9.78 Å². The number of hydrogen-bond donors (Lipinski definition) is 3. The van der Waals surface area contributed by atoms with Crippen LogP contribution in [-0.2, 0) is 0 Å². The third kappa shape index (κ3) is 3.67. The lowest BCUT2D eigenvalue weighted by Crippen LogP contribution is -2.45. The van der Waals surface area contributed by atoms with Crippen molar-refractivity contribution in [2.75, 3.05) is 6.54 Å². The van der Waals surface area contributed by atoms with Crippen LogP contribution in [0, 0.1) is 5.92 Å². The highest BCUT2D eigenvalue weighted by molar-refractivity contribution is 5.94. The summed E-state index contributed by atoms with van der Waals surface area (Å²) in [6.45, 7) is 2.42. The number of aromatic nitrogens is 1. The summed E-state index contributed by atoms with van der Waals surface area (Å²) in [5.74, 6) is 0.277. The molecule has 1 aromatic rings. The highest BCUT2D eigenvalue weighted by Crippen LogP contribution is 2.31. The van der Waals surface area contributed by atoms with Crippen molar-refractivity contribution in [3.8, 4) is 5.75 Å². The minimum Gasteiger partial charge on any atom is -0.506 e.